The number of carbonyl (C=O) groups is 2. The van der Waals surface area contributed by atoms with E-state index in [9.17, 15) is 9.59 Å². The smallest absolute Gasteiger partial charge is 0.407 e. The van der Waals surface area contributed by atoms with Crippen molar-refractivity contribution in [3.8, 4) is 0 Å². The number of hydrogen-bond donors (Lipinski definition) is 2. The molecule has 0 spiro atoms. The maximum absolute atomic E-state index is 11.8. The van der Waals surface area contributed by atoms with Crippen LogP contribution in [0.3, 0.4) is 0 Å². The van der Waals surface area contributed by atoms with Crippen LogP contribution in [0.4, 0.5) is 9.59 Å². The Morgan fingerprint density at radius 1 is 1.40 bits per heavy atom. The molecule has 20 heavy (non-hydrogen) atoms. The minimum absolute atomic E-state index is 0.232. The SMILES string of the molecule is COC1(C(C)NC(=O)OC(C)(C)C)CCN(C(=O)O)C1. The zero-order valence-corrected chi connectivity index (χ0v) is 12.7. The average molecular weight is 288 g/mol. The highest BCUT2D eigenvalue weighted by atomic mass is 16.6. The van der Waals surface area contributed by atoms with Gasteiger partial charge in [0.25, 0.3) is 0 Å². The molecule has 7 heteroatoms. The van der Waals surface area contributed by atoms with Gasteiger partial charge in [-0.05, 0) is 34.1 Å². The van der Waals surface area contributed by atoms with E-state index < -0.39 is 23.4 Å². The molecule has 116 valence electrons. The predicted octanol–water partition coefficient (Wildman–Crippen LogP) is 1.67. The van der Waals surface area contributed by atoms with Crippen molar-refractivity contribution in [1.82, 2.24) is 10.2 Å². The van der Waals surface area contributed by atoms with E-state index in [4.69, 9.17) is 14.6 Å². The molecule has 2 unspecified atom stereocenters. The van der Waals surface area contributed by atoms with Crippen molar-refractivity contribution in [2.75, 3.05) is 20.2 Å². The van der Waals surface area contributed by atoms with Crippen molar-refractivity contribution in [2.45, 2.75) is 51.4 Å². The lowest BCUT2D eigenvalue weighted by Crippen LogP contribution is -2.54. The molecule has 1 aliphatic heterocycles. The van der Waals surface area contributed by atoms with Gasteiger partial charge in [0.1, 0.15) is 11.2 Å². The summed E-state index contributed by atoms with van der Waals surface area (Å²) in [5, 5.41) is 11.7. The van der Waals surface area contributed by atoms with Crippen LogP contribution < -0.4 is 5.32 Å². The number of carboxylic acid groups (broad SMARTS) is 1. The first-order valence-corrected chi connectivity index (χ1v) is 6.62. The number of alkyl carbamates (subject to hydrolysis) is 1. The van der Waals surface area contributed by atoms with E-state index in [0.717, 1.165) is 0 Å². The molecule has 0 aromatic heterocycles. The van der Waals surface area contributed by atoms with Crippen LogP contribution in [0.1, 0.15) is 34.1 Å². The van der Waals surface area contributed by atoms with Crippen LogP contribution in [0.25, 0.3) is 0 Å². The molecular weight excluding hydrogens is 264 g/mol. The molecule has 0 aromatic carbocycles. The van der Waals surface area contributed by atoms with Gasteiger partial charge in [-0.15, -0.1) is 0 Å². The van der Waals surface area contributed by atoms with E-state index in [2.05, 4.69) is 5.32 Å². The zero-order valence-electron chi connectivity index (χ0n) is 12.7. The van der Waals surface area contributed by atoms with E-state index in [1.807, 2.05) is 0 Å². The lowest BCUT2D eigenvalue weighted by Gasteiger charge is -2.34. The Labute approximate surface area is 119 Å². The molecule has 0 aromatic rings. The Bertz CT molecular complexity index is 379. The first kappa shape index (κ1) is 16.6. The first-order chi connectivity index (χ1) is 9.09. The number of methoxy groups -OCH3 is 1. The average Bonchev–Trinajstić information content (AvgIpc) is 2.71. The van der Waals surface area contributed by atoms with Gasteiger partial charge < -0.3 is 24.8 Å². The van der Waals surface area contributed by atoms with Crippen molar-refractivity contribution in [3.63, 3.8) is 0 Å². The Morgan fingerprint density at radius 2 is 2.00 bits per heavy atom. The number of amides is 2. The Hall–Kier alpha value is -1.50. The normalized spacial score (nSPS) is 24.4. The highest BCUT2D eigenvalue weighted by Gasteiger charge is 2.45. The summed E-state index contributed by atoms with van der Waals surface area (Å²) in [5.74, 6) is 0. The summed E-state index contributed by atoms with van der Waals surface area (Å²) in [5.41, 5.74) is -1.29. The molecule has 7 nitrogen and oxygen atoms in total. The molecule has 2 N–H and O–H groups in total. The third-order valence-corrected chi connectivity index (χ3v) is 3.46. The second-order valence-electron chi connectivity index (χ2n) is 6.09. The second-order valence-corrected chi connectivity index (χ2v) is 6.09. The molecule has 1 rings (SSSR count). The number of hydrogen-bond acceptors (Lipinski definition) is 4. The van der Waals surface area contributed by atoms with Crippen LogP contribution in [0, 0.1) is 0 Å². The van der Waals surface area contributed by atoms with Gasteiger partial charge in [-0.2, -0.15) is 0 Å². The number of ether oxygens (including phenoxy) is 2. The largest absolute Gasteiger partial charge is 0.465 e. The molecule has 0 bridgehead atoms. The van der Waals surface area contributed by atoms with Gasteiger partial charge in [0.05, 0.1) is 12.6 Å². The second kappa shape index (κ2) is 5.87. The van der Waals surface area contributed by atoms with Crippen LogP contribution in [-0.2, 0) is 9.47 Å². The van der Waals surface area contributed by atoms with Gasteiger partial charge >= 0.3 is 12.2 Å². The maximum atomic E-state index is 11.8. The molecule has 1 aliphatic rings. The van der Waals surface area contributed by atoms with E-state index in [-0.39, 0.29) is 12.6 Å². The Morgan fingerprint density at radius 3 is 2.40 bits per heavy atom. The highest BCUT2D eigenvalue weighted by Crippen LogP contribution is 2.28. The van der Waals surface area contributed by atoms with E-state index >= 15 is 0 Å². The van der Waals surface area contributed by atoms with Gasteiger partial charge in [-0.25, -0.2) is 9.59 Å². The molecule has 1 saturated heterocycles. The van der Waals surface area contributed by atoms with Gasteiger partial charge in [0, 0.05) is 13.7 Å². The summed E-state index contributed by atoms with van der Waals surface area (Å²) < 4.78 is 10.7. The van der Waals surface area contributed by atoms with Gasteiger partial charge in [0.15, 0.2) is 0 Å². The van der Waals surface area contributed by atoms with Crippen molar-refractivity contribution >= 4 is 12.2 Å². The van der Waals surface area contributed by atoms with Crippen molar-refractivity contribution < 1.29 is 24.2 Å². The van der Waals surface area contributed by atoms with Crippen molar-refractivity contribution in [3.05, 3.63) is 0 Å². The topological polar surface area (TPSA) is 88.1 Å². The van der Waals surface area contributed by atoms with Crippen LogP contribution in [0.2, 0.25) is 0 Å². The quantitative estimate of drug-likeness (QED) is 0.824. The minimum Gasteiger partial charge on any atom is -0.465 e. The third-order valence-electron chi connectivity index (χ3n) is 3.46. The van der Waals surface area contributed by atoms with Crippen molar-refractivity contribution in [1.29, 1.82) is 0 Å². The number of rotatable bonds is 3. The predicted molar refractivity (Wildman–Crippen MR) is 72.8 cm³/mol. The molecular formula is C13H24N2O5. The lowest BCUT2D eigenvalue weighted by molar-refractivity contribution is -0.0299. The van der Waals surface area contributed by atoms with Crippen molar-refractivity contribution in [2.24, 2.45) is 0 Å². The summed E-state index contributed by atoms with van der Waals surface area (Å²) in [6, 6.07) is -0.355. The minimum atomic E-state index is -0.978. The maximum Gasteiger partial charge on any atom is 0.407 e. The third kappa shape index (κ3) is 4.00. The molecule has 0 radical (unpaired) electrons. The fourth-order valence-corrected chi connectivity index (χ4v) is 2.28. The number of nitrogens with one attached hydrogen (secondary N) is 1. The van der Waals surface area contributed by atoms with Gasteiger partial charge in [-0.3, -0.25) is 0 Å². The molecule has 1 heterocycles. The zero-order chi connectivity index (χ0) is 15.6. The van der Waals surface area contributed by atoms with Crippen LogP contribution in [-0.4, -0.2) is 59.6 Å². The summed E-state index contributed by atoms with van der Waals surface area (Å²) in [4.78, 5) is 24.1. The monoisotopic (exact) mass is 288 g/mol. The molecule has 0 aliphatic carbocycles. The fraction of sp³-hybridized carbons (Fsp3) is 0.846. The molecule has 2 amide bonds. The van der Waals surface area contributed by atoms with E-state index in [0.29, 0.717) is 13.0 Å². The number of likely N-dealkylation sites (tertiary alicyclic amines) is 1. The summed E-state index contributed by atoms with van der Waals surface area (Å²) >= 11 is 0. The number of carbonyl (C=O) groups excluding carboxylic acids is 1. The van der Waals surface area contributed by atoms with Crippen LogP contribution in [0.15, 0.2) is 0 Å². The first-order valence-electron chi connectivity index (χ1n) is 6.62. The number of nitrogens with zero attached hydrogens (tertiary/aromatic N) is 1. The Kier molecular flexibility index (Phi) is 4.86. The van der Waals surface area contributed by atoms with E-state index in [1.165, 1.54) is 12.0 Å². The summed E-state index contributed by atoms with van der Waals surface area (Å²) in [6.45, 7) is 7.76. The fourth-order valence-electron chi connectivity index (χ4n) is 2.28. The van der Waals surface area contributed by atoms with Gasteiger partial charge in [-0.1, -0.05) is 0 Å². The van der Waals surface area contributed by atoms with E-state index in [1.54, 1.807) is 27.7 Å². The Balaban J connectivity index is 2.67. The molecule has 2 atom stereocenters. The van der Waals surface area contributed by atoms with Crippen LogP contribution in [0.5, 0.6) is 0 Å². The highest BCUT2D eigenvalue weighted by molar-refractivity contribution is 5.68. The summed E-state index contributed by atoms with van der Waals surface area (Å²) in [6.07, 6.45) is -0.976. The van der Waals surface area contributed by atoms with Crippen LogP contribution >= 0.6 is 0 Å². The molecule has 0 saturated carbocycles. The summed E-state index contributed by atoms with van der Waals surface area (Å²) in [7, 11) is 1.53. The lowest BCUT2D eigenvalue weighted by atomic mass is 9.94. The molecule has 1 fully saturated rings. The van der Waals surface area contributed by atoms with Gasteiger partial charge in [0.2, 0.25) is 0 Å². The standard InChI is InChI=1S/C13H24N2O5/c1-9(14-10(16)20-12(2,3)4)13(19-5)6-7-15(8-13)11(17)18/h9H,6-8H2,1-5H3,(H,14,16)(H,17,18).